The summed E-state index contributed by atoms with van der Waals surface area (Å²) >= 11 is 5.63. The van der Waals surface area contributed by atoms with Crippen LogP contribution in [0.2, 0.25) is 5.02 Å². The van der Waals surface area contributed by atoms with E-state index in [2.05, 4.69) is 24.1 Å². The Hall–Kier alpha value is -1.07. The monoisotopic (exact) mass is 245 g/mol. The second-order valence-electron chi connectivity index (χ2n) is 4.03. The number of nitrogens with zero attached hydrogens (tertiary/aromatic N) is 1. The maximum Gasteiger partial charge on any atom is 0.328 e. The van der Waals surface area contributed by atoms with Gasteiger partial charge in [0, 0.05) is 19.3 Å². The van der Waals surface area contributed by atoms with Crippen molar-refractivity contribution in [2.24, 2.45) is 5.92 Å². The minimum absolute atomic E-state index is 0.0310. The highest BCUT2D eigenvalue weighted by Gasteiger charge is 2.01. The summed E-state index contributed by atoms with van der Waals surface area (Å²) in [6.07, 6.45) is 1.36. The summed E-state index contributed by atoms with van der Waals surface area (Å²) in [6.45, 7) is 6.26. The molecule has 1 rings (SSSR count). The van der Waals surface area contributed by atoms with Crippen LogP contribution in [0.4, 0.5) is 0 Å². The summed E-state index contributed by atoms with van der Waals surface area (Å²) in [4.78, 5) is 24.5. The molecular formula is C10H16ClN3O2. The van der Waals surface area contributed by atoms with Crippen LogP contribution in [0.15, 0.2) is 15.8 Å². The van der Waals surface area contributed by atoms with Crippen molar-refractivity contribution in [1.29, 1.82) is 0 Å². The zero-order valence-corrected chi connectivity index (χ0v) is 10.2. The van der Waals surface area contributed by atoms with Gasteiger partial charge < -0.3 is 5.32 Å². The Morgan fingerprint density at radius 2 is 2.19 bits per heavy atom. The van der Waals surface area contributed by atoms with E-state index < -0.39 is 11.2 Å². The molecule has 2 N–H and O–H groups in total. The van der Waals surface area contributed by atoms with E-state index in [-0.39, 0.29) is 5.02 Å². The molecule has 0 bridgehead atoms. The molecule has 0 saturated heterocycles. The van der Waals surface area contributed by atoms with Gasteiger partial charge in [0.25, 0.3) is 5.56 Å². The Labute approximate surface area is 98.4 Å². The average Bonchev–Trinajstić information content (AvgIpc) is 2.19. The fourth-order valence-electron chi connectivity index (χ4n) is 1.24. The van der Waals surface area contributed by atoms with Crippen molar-refractivity contribution in [3.63, 3.8) is 0 Å². The molecule has 0 aliphatic heterocycles. The van der Waals surface area contributed by atoms with Crippen molar-refractivity contribution in [1.82, 2.24) is 14.9 Å². The fraction of sp³-hybridized carbons (Fsp3) is 0.600. The van der Waals surface area contributed by atoms with Crippen LogP contribution in [0.1, 0.15) is 13.8 Å². The highest BCUT2D eigenvalue weighted by molar-refractivity contribution is 6.30. The topological polar surface area (TPSA) is 66.9 Å². The fourth-order valence-corrected chi connectivity index (χ4v) is 1.40. The third-order valence-corrected chi connectivity index (χ3v) is 2.32. The largest absolute Gasteiger partial charge is 0.328 e. The van der Waals surface area contributed by atoms with E-state index in [0.29, 0.717) is 19.0 Å². The van der Waals surface area contributed by atoms with Crippen LogP contribution in [-0.2, 0) is 6.54 Å². The zero-order valence-electron chi connectivity index (χ0n) is 9.42. The second-order valence-corrected chi connectivity index (χ2v) is 4.43. The van der Waals surface area contributed by atoms with Crippen LogP contribution in [0.5, 0.6) is 0 Å². The molecule has 0 saturated carbocycles. The number of nitrogens with one attached hydrogen (secondary N) is 2. The van der Waals surface area contributed by atoms with Gasteiger partial charge in [-0.05, 0) is 12.5 Å². The molecule has 0 fully saturated rings. The zero-order chi connectivity index (χ0) is 12.1. The molecule has 0 amide bonds. The lowest BCUT2D eigenvalue weighted by atomic mass is 10.2. The van der Waals surface area contributed by atoms with Crippen molar-refractivity contribution in [2.75, 3.05) is 13.1 Å². The van der Waals surface area contributed by atoms with E-state index in [4.69, 9.17) is 11.6 Å². The molecule has 0 aliphatic rings. The van der Waals surface area contributed by atoms with Crippen LogP contribution in [0.25, 0.3) is 0 Å². The van der Waals surface area contributed by atoms with Crippen molar-refractivity contribution in [3.8, 4) is 0 Å². The Kier molecular flexibility index (Phi) is 4.76. The summed E-state index contributed by atoms with van der Waals surface area (Å²) in [5, 5.41) is 3.23. The minimum atomic E-state index is -0.543. The Balaban J connectivity index is 2.58. The smallest absolute Gasteiger partial charge is 0.315 e. The van der Waals surface area contributed by atoms with Gasteiger partial charge in [0.15, 0.2) is 0 Å². The van der Waals surface area contributed by atoms with Crippen LogP contribution in [-0.4, -0.2) is 22.6 Å². The van der Waals surface area contributed by atoms with Gasteiger partial charge in [-0.2, -0.15) is 0 Å². The van der Waals surface area contributed by atoms with Crippen LogP contribution in [0, 0.1) is 5.92 Å². The molecule has 5 nitrogen and oxygen atoms in total. The maximum absolute atomic E-state index is 11.3. The minimum Gasteiger partial charge on any atom is -0.315 e. The standard InChI is InChI=1S/C10H16ClN3O2/c1-7(2)5-12-3-4-14-6-8(11)9(15)13-10(14)16/h6-7,12H,3-5H2,1-2H3,(H,13,15,16). The van der Waals surface area contributed by atoms with Gasteiger partial charge in [-0.3, -0.25) is 14.3 Å². The number of aromatic nitrogens is 2. The normalized spacial score (nSPS) is 11.0. The Bertz CT molecular complexity index is 450. The van der Waals surface area contributed by atoms with Crippen molar-refractivity contribution >= 4 is 11.6 Å². The second kappa shape index (κ2) is 5.86. The molecule has 1 aromatic rings. The summed E-state index contributed by atoms with van der Waals surface area (Å²) in [6, 6.07) is 0. The van der Waals surface area contributed by atoms with Gasteiger partial charge >= 0.3 is 5.69 Å². The predicted molar refractivity (Wildman–Crippen MR) is 64.0 cm³/mol. The molecule has 0 atom stereocenters. The first-order chi connectivity index (χ1) is 7.50. The SMILES string of the molecule is CC(C)CNCCn1cc(Cl)c(=O)[nH]c1=O. The number of hydrogen-bond donors (Lipinski definition) is 2. The van der Waals surface area contributed by atoms with Gasteiger partial charge in [0.05, 0.1) is 0 Å². The predicted octanol–water partition coefficient (Wildman–Crippen LogP) is 0.436. The molecule has 0 spiro atoms. The lowest BCUT2D eigenvalue weighted by Crippen LogP contribution is -2.33. The Morgan fingerprint density at radius 1 is 1.50 bits per heavy atom. The van der Waals surface area contributed by atoms with E-state index >= 15 is 0 Å². The molecule has 0 unspecified atom stereocenters. The average molecular weight is 246 g/mol. The molecule has 0 radical (unpaired) electrons. The van der Waals surface area contributed by atoms with Crippen molar-refractivity contribution < 1.29 is 0 Å². The van der Waals surface area contributed by atoms with Crippen molar-refractivity contribution in [2.45, 2.75) is 20.4 Å². The van der Waals surface area contributed by atoms with Crippen LogP contribution >= 0.6 is 11.6 Å². The number of aromatic amines is 1. The lowest BCUT2D eigenvalue weighted by Gasteiger charge is -2.08. The number of rotatable bonds is 5. The highest BCUT2D eigenvalue weighted by Crippen LogP contribution is 1.95. The van der Waals surface area contributed by atoms with E-state index in [0.717, 1.165) is 6.54 Å². The first-order valence-electron chi connectivity index (χ1n) is 5.20. The lowest BCUT2D eigenvalue weighted by molar-refractivity contribution is 0.516. The Morgan fingerprint density at radius 3 is 2.81 bits per heavy atom. The number of halogens is 1. The summed E-state index contributed by atoms with van der Waals surface area (Å²) in [7, 11) is 0. The molecular weight excluding hydrogens is 230 g/mol. The van der Waals surface area contributed by atoms with Crippen LogP contribution < -0.4 is 16.6 Å². The molecule has 0 aliphatic carbocycles. The van der Waals surface area contributed by atoms with E-state index in [1.165, 1.54) is 10.8 Å². The molecule has 16 heavy (non-hydrogen) atoms. The molecule has 1 heterocycles. The van der Waals surface area contributed by atoms with Gasteiger partial charge in [-0.1, -0.05) is 25.4 Å². The van der Waals surface area contributed by atoms with Gasteiger partial charge in [0.1, 0.15) is 5.02 Å². The summed E-state index contributed by atoms with van der Waals surface area (Å²) < 4.78 is 1.39. The van der Waals surface area contributed by atoms with E-state index in [1.54, 1.807) is 0 Å². The maximum atomic E-state index is 11.3. The van der Waals surface area contributed by atoms with E-state index in [1.807, 2.05) is 0 Å². The third kappa shape index (κ3) is 3.83. The quantitative estimate of drug-likeness (QED) is 0.740. The third-order valence-electron chi connectivity index (χ3n) is 2.05. The van der Waals surface area contributed by atoms with Gasteiger partial charge in [-0.15, -0.1) is 0 Å². The molecule has 1 aromatic heterocycles. The molecule has 90 valence electrons. The first-order valence-corrected chi connectivity index (χ1v) is 5.58. The van der Waals surface area contributed by atoms with Gasteiger partial charge in [0.2, 0.25) is 0 Å². The van der Waals surface area contributed by atoms with Crippen molar-refractivity contribution in [3.05, 3.63) is 32.1 Å². The first kappa shape index (κ1) is 13.0. The summed E-state index contributed by atoms with van der Waals surface area (Å²) in [5.41, 5.74) is -0.973. The number of hydrogen-bond acceptors (Lipinski definition) is 3. The van der Waals surface area contributed by atoms with Gasteiger partial charge in [-0.25, -0.2) is 4.79 Å². The molecule has 0 aromatic carbocycles. The highest BCUT2D eigenvalue weighted by atomic mass is 35.5. The number of H-pyrrole nitrogens is 1. The van der Waals surface area contributed by atoms with Crippen LogP contribution in [0.3, 0.4) is 0 Å². The summed E-state index contributed by atoms with van der Waals surface area (Å²) in [5.74, 6) is 0.566. The van der Waals surface area contributed by atoms with E-state index in [9.17, 15) is 9.59 Å². The molecule has 6 heteroatoms.